The molecule has 2 unspecified atom stereocenters. The maximum atomic E-state index is 6.19. The third kappa shape index (κ3) is 3.80. The zero-order valence-electron chi connectivity index (χ0n) is 11.2. The molecule has 2 N–H and O–H groups in total. The molecule has 3 nitrogen and oxygen atoms in total. The van der Waals surface area contributed by atoms with Gasteiger partial charge in [-0.3, -0.25) is 0 Å². The summed E-state index contributed by atoms with van der Waals surface area (Å²) in [7, 11) is 1.81. The Labute approximate surface area is 110 Å². The van der Waals surface area contributed by atoms with E-state index in [9.17, 15) is 0 Å². The van der Waals surface area contributed by atoms with Crippen LogP contribution in [0.3, 0.4) is 0 Å². The minimum atomic E-state index is 0.173. The Kier molecular flexibility index (Phi) is 5.17. The van der Waals surface area contributed by atoms with Crippen LogP contribution < -0.4 is 5.73 Å². The fourth-order valence-corrected chi connectivity index (χ4v) is 2.59. The number of methoxy groups -OCH3 is 1. The smallest absolute Gasteiger partial charge is 0.0710 e. The average Bonchev–Trinajstić information content (AvgIpc) is 2.87. The van der Waals surface area contributed by atoms with Crippen molar-refractivity contribution in [2.45, 2.75) is 31.4 Å². The molecular formula is C15H24N2O. The van der Waals surface area contributed by atoms with Crippen LogP contribution in [0.1, 0.15) is 30.9 Å². The second kappa shape index (κ2) is 6.88. The van der Waals surface area contributed by atoms with E-state index in [-0.39, 0.29) is 6.04 Å². The van der Waals surface area contributed by atoms with Crippen molar-refractivity contribution in [1.82, 2.24) is 4.90 Å². The van der Waals surface area contributed by atoms with Gasteiger partial charge in [0.1, 0.15) is 0 Å². The van der Waals surface area contributed by atoms with Gasteiger partial charge >= 0.3 is 0 Å². The molecule has 1 saturated heterocycles. The molecule has 0 radical (unpaired) electrons. The molecule has 18 heavy (non-hydrogen) atoms. The second-order valence-electron chi connectivity index (χ2n) is 5.11. The van der Waals surface area contributed by atoms with Crippen molar-refractivity contribution in [1.29, 1.82) is 0 Å². The summed E-state index contributed by atoms with van der Waals surface area (Å²) in [6.07, 6.45) is 3.82. The Morgan fingerprint density at radius 1 is 1.39 bits per heavy atom. The minimum absolute atomic E-state index is 0.173. The van der Waals surface area contributed by atoms with Crippen LogP contribution in [0.25, 0.3) is 0 Å². The van der Waals surface area contributed by atoms with Crippen LogP contribution in [-0.2, 0) is 4.74 Å². The normalized spacial score (nSPS) is 22.2. The van der Waals surface area contributed by atoms with Crippen molar-refractivity contribution < 1.29 is 4.74 Å². The zero-order chi connectivity index (χ0) is 12.8. The molecule has 1 aliphatic rings. The molecule has 1 heterocycles. The molecule has 1 aliphatic heterocycles. The molecule has 1 aromatic rings. The first-order chi connectivity index (χ1) is 8.79. The molecule has 100 valence electrons. The van der Waals surface area contributed by atoms with Gasteiger partial charge in [0, 0.05) is 26.2 Å². The largest absolute Gasteiger partial charge is 0.380 e. The van der Waals surface area contributed by atoms with Gasteiger partial charge in [0.15, 0.2) is 0 Å². The zero-order valence-corrected chi connectivity index (χ0v) is 11.2. The molecule has 1 fully saturated rings. The highest BCUT2D eigenvalue weighted by molar-refractivity contribution is 5.18. The lowest BCUT2D eigenvalue weighted by atomic mass is 10.0. The number of nitrogens with two attached hydrogens (primary N) is 1. The molecule has 0 aliphatic carbocycles. The second-order valence-corrected chi connectivity index (χ2v) is 5.11. The number of rotatable bonds is 6. The SMILES string of the molecule is COC1CCN(CCCC(N)c2ccccc2)C1. The highest BCUT2D eigenvalue weighted by Crippen LogP contribution is 2.17. The third-order valence-corrected chi connectivity index (χ3v) is 3.78. The van der Waals surface area contributed by atoms with Gasteiger partial charge in [0.05, 0.1) is 6.10 Å². The van der Waals surface area contributed by atoms with Crippen LogP contribution >= 0.6 is 0 Å². The summed E-state index contributed by atoms with van der Waals surface area (Å²) < 4.78 is 5.37. The van der Waals surface area contributed by atoms with Crippen molar-refractivity contribution in [3.05, 3.63) is 35.9 Å². The van der Waals surface area contributed by atoms with Gasteiger partial charge in [-0.1, -0.05) is 30.3 Å². The van der Waals surface area contributed by atoms with E-state index in [0.717, 1.165) is 25.9 Å². The van der Waals surface area contributed by atoms with Gasteiger partial charge in [0.25, 0.3) is 0 Å². The van der Waals surface area contributed by atoms with Gasteiger partial charge in [-0.2, -0.15) is 0 Å². The molecule has 0 spiro atoms. The summed E-state index contributed by atoms with van der Waals surface area (Å²) in [6, 6.07) is 10.5. The lowest BCUT2D eigenvalue weighted by molar-refractivity contribution is 0.108. The molecular weight excluding hydrogens is 224 g/mol. The van der Waals surface area contributed by atoms with Crippen molar-refractivity contribution in [3.8, 4) is 0 Å². The molecule has 3 heteroatoms. The Hall–Kier alpha value is -0.900. The molecule has 0 aromatic heterocycles. The van der Waals surface area contributed by atoms with E-state index in [1.165, 1.54) is 18.5 Å². The van der Waals surface area contributed by atoms with E-state index in [1.807, 2.05) is 6.07 Å². The van der Waals surface area contributed by atoms with Gasteiger partial charge in [-0.15, -0.1) is 0 Å². The van der Waals surface area contributed by atoms with Crippen molar-refractivity contribution >= 4 is 0 Å². The van der Waals surface area contributed by atoms with Crippen molar-refractivity contribution in [3.63, 3.8) is 0 Å². The fourth-order valence-electron chi connectivity index (χ4n) is 2.59. The third-order valence-electron chi connectivity index (χ3n) is 3.78. The average molecular weight is 248 g/mol. The highest BCUT2D eigenvalue weighted by Gasteiger charge is 2.21. The highest BCUT2D eigenvalue weighted by atomic mass is 16.5. The van der Waals surface area contributed by atoms with Crippen molar-refractivity contribution in [2.24, 2.45) is 5.73 Å². The number of benzene rings is 1. The standard InChI is InChI=1S/C15H24N2O/c1-18-14-9-11-17(12-14)10-5-8-15(16)13-6-3-2-4-7-13/h2-4,6-7,14-15H,5,8-12,16H2,1H3. The number of hydrogen-bond donors (Lipinski definition) is 1. The van der Waals surface area contributed by atoms with Crippen LogP contribution in [-0.4, -0.2) is 37.7 Å². The van der Waals surface area contributed by atoms with Crippen LogP contribution in [0.2, 0.25) is 0 Å². The predicted molar refractivity (Wildman–Crippen MR) is 74.5 cm³/mol. The summed E-state index contributed by atoms with van der Waals surface area (Å²) in [5.74, 6) is 0. The summed E-state index contributed by atoms with van der Waals surface area (Å²) in [5, 5.41) is 0. The Bertz CT molecular complexity index is 342. The summed E-state index contributed by atoms with van der Waals surface area (Å²) in [6.45, 7) is 3.39. The number of likely N-dealkylation sites (tertiary alicyclic amines) is 1. The van der Waals surface area contributed by atoms with Crippen molar-refractivity contribution in [2.75, 3.05) is 26.7 Å². The molecule has 0 bridgehead atoms. The summed E-state index contributed by atoms with van der Waals surface area (Å²) in [4.78, 5) is 2.48. The molecule has 1 aromatic carbocycles. The van der Waals surface area contributed by atoms with Crippen LogP contribution in [0.5, 0.6) is 0 Å². The van der Waals surface area contributed by atoms with Gasteiger partial charge in [0.2, 0.25) is 0 Å². The lowest BCUT2D eigenvalue weighted by Crippen LogP contribution is -2.24. The van der Waals surface area contributed by atoms with Crippen LogP contribution in [0.4, 0.5) is 0 Å². The van der Waals surface area contributed by atoms with Crippen LogP contribution in [0.15, 0.2) is 30.3 Å². The van der Waals surface area contributed by atoms with E-state index < -0.39 is 0 Å². The molecule has 2 rings (SSSR count). The van der Waals surface area contributed by atoms with Crippen LogP contribution in [0, 0.1) is 0 Å². The fraction of sp³-hybridized carbons (Fsp3) is 0.600. The first-order valence-corrected chi connectivity index (χ1v) is 6.85. The van der Waals surface area contributed by atoms with Gasteiger partial charge < -0.3 is 15.4 Å². The Morgan fingerprint density at radius 3 is 2.83 bits per heavy atom. The first kappa shape index (κ1) is 13.5. The van der Waals surface area contributed by atoms with Gasteiger partial charge in [-0.05, 0) is 31.4 Å². The quantitative estimate of drug-likeness (QED) is 0.838. The summed E-state index contributed by atoms with van der Waals surface area (Å²) in [5.41, 5.74) is 7.43. The van der Waals surface area contributed by atoms with E-state index in [1.54, 1.807) is 7.11 Å². The molecule has 0 amide bonds. The Morgan fingerprint density at radius 2 is 2.17 bits per heavy atom. The number of ether oxygens (including phenoxy) is 1. The number of nitrogens with zero attached hydrogens (tertiary/aromatic N) is 1. The van der Waals surface area contributed by atoms with E-state index >= 15 is 0 Å². The van der Waals surface area contributed by atoms with E-state index in [0.29, 0.717) is 6.10 Å². The molecule has 0 saturated carbocycles. The van der Waals surface area contributed by atoms with E-state index in [4.69, 9.17) is 10.5 Å². The minimum Gasteiger partial charge on any atom is -0.380 e. The molecule has 2 atom stereocenters. The monoisotopic (exact) mass is 248 g/mol. The lowest BCUT2D eigenvalue weighted by Gasteiger charge is -2.17. The predicted octanol–water partition coefficient (Wildman–Crippen LogP) is 2.19. The first-order valence-electron chi connectivity index (χ1n) is 6.85. The summed E-state index contributed by atoms with van der Waals surface area (Å²) >= 11 is 0. The Balaban J connectivity index is 1.67. The maximum Gasteiger partial charge on any atom is 0.0710 e. The maximum absolute atomic E-state index is 6.19. The topological polar surface area (TPSA) is 38.5 Å². The van der Waals surface area contributed by atoms with E-state index in [2.05, 4.69) is 29.2 Å². The van der Waals surface area contributed by atoms with Gasteiger partial charge in [-0.25, -0.2) is 0 Å². The number of hydrogen-bond acceptors (Lipinski definition) is 3.